The number of para-hydroxylation sites is 2. The Bertz CT molecular complexity index is 1430. The minimum absolute atomic E-state index is 0.0709. The number of urea groups is 1. The van der Waals surface area contributed by atoms with Gasteiger partial charge < -0.3 is 14.8 Å². The molecule has 4 aromatic rings. The zero-order valence-corrected chi connectivity index (χ0v) is 22.5. The SMILES string of the molecule is CCCCN(CC(=O)N1c2ccccc2-n2cccc2[C@@H]1c1ccc(Cl)cc1)C(=O)Nc1ccc(Cl)cc1. The summed E-state index contributed by atoms with van der Waals surface area (Å²) in [6.07, 6.45) is 3.68. The average molecular weight is 547 g/mol. The van der Waals surface area contributed by atoms with E-state index in [1.807, 2.05) is 71.8 Å². The van der Waals surface area contributed by atoms with Crippen LogP contribution in [0, 0.1) is 0 Å². The first-order chi connectivity index (χ1) is 18.5. The third-order valence-corrected chi connectivity index (χ3v) is 7.17. The summed E-state index contributed by atoms with van der Waals surface area (Å²) >= 11 is 12.2. The Kier molecular flexibility index (Phi) is 7.72. The second-order valence-electron chi connectivity index (χ2n) is 9.22. The molecule has 1 aliphatic rings. The molecule has 0 aliphatic carbocycles. The molecule has 0 saturated heterocycles. The number of hydrogen-bond donors (Lipinski definition) is 1. The molecule has 6 nitrogen and oxygen atoms in total. The van der Waals surface area contributed by atoms with Crippen molar-refractivity contribution in [3.8, 4) is 5.69 Å². The molecule has 0 spiro atoms. The molecule has 0 radical (unpaired) electrons. The lowest BCUT2D eigenvalue weighted by Crippen LogP contribution is -2.48. The second-order valence-corrected chi connectivity index (χ2v) is 10.1. The number of halogens is 2. The molecular formula is C30H28Cl2N4O2. The molecule has 0 fully saturated rings. The largest absolute Gasteiger partial charge is 0.322 e. The first-order valence-electron chi connectivity index (χ1n) is 12.6. The van der Waals surface area contributed by atoms with Gasteiger partial charge in [-0.3, -0.25) is 9.69 Å². The summed E-state index contributed by atoms with van der Waals surface area (Å²) in [7, 11) is 0. The molecule has 8 heteroatoms. The van der Waals surface area contributed by atoms with Gasteiger partial charge in [0.05, 0.1) is 17.1 Å². The van der Waals surface area contributed by atoms with Gasteiger partial charge in [-0.1, -0.05) is 60.8 Å². The summed E-state index contributed by atoms with van der Waals surface area (Å²) in [6.45, 7) is 2.44. The molecule has 0 saturated carbocycles. The topological polar surface area (TPSA) is 57.6 Å². The van der Waals surface area contributed by atoms with Crippen molar-refractivity contribution in [2.24, 2.45) is 0 Å². The van der Waals surface area contributed by atoms with Crippen molar-refractivity contribution >= 4 is 46.5 Å². The summed E-state index contributed by atoms with van der Waals surface area (Å²) in [5.74, 6) is -0.174. The van der Waals surface area contributed by atoms with Crippen LogP contribution in [0.3, 0.4) is 0 Å². The molecule has 1 aliphatic heterocycles. The number of fused-ring (bicyclic) bond motifs is 3. The monoisotopic (exact) mass is 546 g/mol. The highest BCUT2D eigenvalue weighted by atomic mass is 35.5. The van der Waals surface area contributed by atoms with Gasteiger partial charge in [-0.15, -0.1) is 0 Å². The summed E-state index contributed by atoms with van der Waals surface area (Å²) in [5, 5.41) is 4.12. The van der Waals surface area contributed by atoms with Crippen LogP contribution in [-0.4, -0.2) is 34.5 Å². The maximum atomic E-state index is 14.2. The molecule has 3 amide bonds. The van der Waals surface area contributed by atoms with Crippen molar-refractivity contribution in [1.29, 1.82) is 0 Å². The third-order valence-electron chi connectivity index (χ3n) is 6.66. The number of nitrogens with one attached hydrogen (secondary N) is 1. The number of anilines is 2. The molecular weight excluding hydrogens is 519 g/mol. The third kappa shape index (κ3) is 5.28. The fourth-order valence-corrected chi connectivity index (χ4v) is 5.05. The van der Waals surface area contributed by atoms with Gasteiger partial charge in [0.2, 0.25) is 5.91 Å². The number of unbranched alkanes of at least 4 members (excludes halogenated alkanes) is 1. The maximum Gasteiger partial charge on any atom is 0.322 e. The van der Waals surface area contributed by atoms with Crippen LogP contribution in [0.5, 0.6) is 0 Å². The molecule has 5 rings (SSSR count). The number of carbonyl (C=O) groups is 2. The van der Waals surface area contributed by atoms with Gasteiger partial charge in [0.15, 0.2) is 0 Å². The van der Waals surface area contributed by atoms with Crippen LogP contribution in [0.25, 0.3) is 5.69 Å². The van der Waals surface area contributed by atoms with E-state index in [-0.39, 0.29) is 24.5 Å². The first-order valence-corrected chi connectivity index (χ1v) is 13.4. The molecule has 2 heterocycles. The van der Waals surface area contributed by atoms with E-state index in [0.29, 0.717) is 22.3 Å². The quantitative estimate of drug-likeness (QED) is 0.260. The lowest BCUT2D eigenvalue weighted by Gasteiger charge is -2.39. The van der Waals surface area contributed by atoms with Crippen LogP contribution in [0.2, 0.25) is 10.0 Å². The Balaban J connectivity index is 1.49. The van der Waals surface area contributed by atoms with Crippen LogP contribution < -0.4 is 10.2 Å². The van der Waals surface area contributed by atoms with E-state index in [9.17, 15) is 9.59 Å². The molecule has 3 aromatic carbocycles. The summed E-state index contributed by atoms with van der Waals surface area (Å²) in [5.41, 5.74) is 4.22. The van der Waals surface area contributed by atoms with Crippen LogP contribution in [-0.2, 0) is 4.79 Å². The van der Waals surface area contributed by atoms with Crippen molar-refractivity contribution in [3.63, 3.8) is 0 Å². The van der Waals surface area contributed by atoms with E-state index in [0.717, 1.165) is 35.5 Å². The fraction of sp³-hybridized carbons (Fsp3) is 0.200. The Morgan fingerprint density at radius 3 is 2.21 bits per heavy atom. The van der Waals surface area contributed by atoms with Gasteiger partial charge in [0, 0.05) is 28.5 Å². The Labute approximate surface area is 232 Å². The molecule has 194 valence electrons. The fourth-order valence-electron chi connectivity index (χ4n) is 4.80. The molecule has 38 heavy (non-hydrogen) atoms. The summed E-state index contributed by atoms with van der Waals surface area (Å²) < 4.78 is 2.11. The number of rotatable bonds is 7. The summed E-state index contributed by atoms with van der Waals surface area (Å²) in [4.78, 5) is 30.9. The zero-order chi connectivity index (χ0) is 26.6. The van der Waals surface area contributed by atoms with E-state index >= 15 is 0 Å². The Morgan fingerprint density at radius 1 is 0.868 bits per heavy atom. The molecule has 1 atom stereocenters. The number of amides is 3. The lowest BCUT2D eigenvalue weighted by atomic mass is 9.97. The number of nitrogens with zero attached hydrogens (tertiary/aromatic N) is 3. The number of aromatic nitrogens is 1. The van der Waals surface area contributed by atoms with Crippen LogP contribution in [0.15, 0.2) is 91.1 Å². The van der Waals surface area contributed by atoms with Crippen LogP contribution in [0.4, 0.5) is 16.2 Å². The van der Waals surface area contributed by atoms with Gasteiger partial charge in [-0.05, 0) is 72.6 Å². The summed E-state index contributed by atoms with van der Waals surface area (Å²) in [6, 6.07) is 25.6. The lowest BCUT2D eigenvalue weighted by molar-refractivity contribution is -0.119. The highest BCUT2D eigenvalue weighted by molar-refractivity contribution is 6.30. The van der Waals surface area contributed by atoms with Crippen molar-refractivity contribution in [3.05, 3.63) is 112 Å². The maximum absolute atomic E-state index is 14.2. The van der Waals surface area contributed by atoms with Gasteiger partial charge in [0.1, 0.15) is 12.6 Å². The minimum Gasteiger partial charge on any atom is -0.316 e. The highest BCUT2D eigenvalue weighted by Crippen LogP contribution is 2.42. The van der Waals surface area contributed by atoms with E-state index in [1.54, 1.807) is 29.2 Å². The average Bonchev–Trinajstić information content (AvgIpc) is 3.42. The van der Waals surface area contributed by atoms with Crippen molar-refractivity contribution in [2.75, 3.05) is 23.3 Å². The Hall–Kier alpha value is -3.74. The second kappa shape index (κ2) is 11.3. The minimum atomic E-state index is -0.378. The highest BCUT2D eigenvalue weighted by Gasteiger charge is 2.36. The Morgan fingerprint density at radius 2 is 1.53 bits per heavy atom. The van der Waals surface area contributed by atoms with Crippen LogP contribution in [0.1, 0.15) is 37.1 Å². The number of benzene rings is 3. The normalized spacial score (nSPS) is 14.0. The van der Waals surface area contributed by atoms with E-state index in [2.05, 4.69) is 16.8 Å². The number of carbonyl (C=O) groups excluding carboxylic acids is 2. The van der Waals surface area contributed by atoms with E-state index in [4.69, 9.17) is 23.2 Å². The predicted octanol–water partition coefficient (Wildman–Crippen LogP) is 7.55. The van der Waals surface area contributed by atoms with Gasteiger partial charge in [-0.2, -0.15) is 0 Å². The predicted molar refractivity (Wildman–Crippen MR) is 154 cm³/mol. The smallest absolute Gasteiger partial charge is 0.316 e. The molecule has 0 unspecified atom stereocenters. The first kappa shape index (κ1) is 25.9. The van der Waals surface area contributed by atoms with E-state index < -0.39 is 0 Å². The van der Waals surface area contributed by atoms with Gasteiger partial charge >= 0.3 is 6.03 Å². The van der Waals surface area contributed by atoms with Crippen molar-refractivity contribution < 1.29 is 9.59 Å². The molecule has 0 bridgehead atoms. The van der Waals surface area contributed by atoms with Crippen molar-refractivity contribution in [1.82, 2.24) is 9.47 Å². The van der Waals surface area contributed by atoms with Gasteiger partial charge in [-0.25, -0.2) is 4.79 Å². The zero-order valence-electron chi connectivity index (χ0n) is 21.0. The van der Waals surface area contributed by atoms with Crippen molar-refractivity contribution in [2.45, 2.75) is 25.8 Å². The van der Waals surface area contributed by atoms with E-state index in [1.165, 1.54) is 0 Å². The molecule has 1 N–H and O–H groups in total. The van der Waals surface area contributed by atoms with Crippen LogP contribution >= 0.6 is 23.2 Å². The van der Waals surface area contributed by atoms with Gasteiger partial charge in [0.25, 0.3) is 0 Å². The standard InChI is InChI=1S/C30H28Cl2N4O2/c1-2-3-18-34(30(38)33-24-16-14-23(32)15-17-24)20-28(37)36-26-8-5-4-7-25(26)35-19-6-9-27(35)29(36)21-10-12-22(31)13-11-21/h4-17,19,29H,2-3,18,20H2,1H3,(H,33,38)/t29-/m0/s1. The molecule has 1 aromatic heterocycles. The number of hydrogen-bond acceptors (Lipinski definition) is 2.